The minimum Gasteiger partial charge on any atom is -0.393 e. The molecular weight excluding hydrogens is 198 g/mol. The third-order valence-electron chi connectivity index (χ3n) is 2.89. The minimum atomic E-state index is -0.556. The van der Waals surface area contributed by atoms with Crippen LogP contribution < -0.4 is 0 Å². The molecule has 1 aromatic carbocycles. The fourth-order valence-corrected chi connectivity index (χ4v) is 1.74. The van der Waals surface area contributed by atoms with Crippen molar-refractivity contribution in [2.75, 3.05) is 0 Å². The van der Waals surface area contributed by atoms with Crippen LogP contribution in [0.4, 0.5) is 8.78 Å². The highest BCUT2D eigenvalue weighted by Gasteiger charge is 2.29. The Hall–Kier alpha value is -0.960. The van der Waals surface area contributed by atoms with E-state index in [0.717, 1.165) is 18.9 Å². The molecule has 1 aliphatic rings. The van der Waals surface area contributed by atoms with Crippen LogP contribution >= 0.6 is 0 Å². The number of aliphatic hydroxyl groups is 1. The first-order valence-electron chi connectivity index (χ1n) is 5.29. The van der Waals surface area contributed by atoms with Crippen LogP contribution in [0.1, 0.15) is 24.8 Å². The van der Waals surface area contributed by atoms with E-state index in [9.17, 15) is 13.9 Å². The molecule has 0 aliphatic heterocycles. The van der Waals surface area contributed by atoms with E-state index in [2.05, 4.69) is 0 Å². The Balaban J connectivity index is 1.92. The fraction of sp³-hybridized carbons (Fsp3) is 0.500. The summed E-state index contributed by atoms with van der Waals surface area (Å²) in [7, 11) is 0. The molecule has 0 saturated heterocycles. The number of rotatable bonds is 4. The number of halogens is 2. The maximum atomic E-state index is 13.2. The van der Waals surface area contributed by atoms with Gasteiger partial charge in [-0.05, 0) is 43.2 Å². The Kier molecular flexibility index (Phi) is 3.00. The van der Waals surface area contributed by atoms with Gasteiger partial charge in [-0.1, -0.05) is 6.07 Å². The predicted molar refractivity (Wildman–Crippen MR) is 53.4 cm³/mol. The number of aliphatic hydroxyl groups excluding tert-OH is 1. The van der Waals surface area contributed by atoms with E-state index in [-0.39, 0.29) is 6.10 Å². The van der Waals surface area contributed by atoms with Crippen LogP contribution in [0, 0.1) is 17.6 Å². The second kappa shape index (κ2) is 4.27. The summed E-state index contributed by atoms with van der Waals surface area (Å²) < 4.78 is 25.8. The summed E-state index contributed by atoms with van der Waals surface area (Å²) >= 11 is 0. The lowest BCUT2D eigenvalue weighted by Gasteiger charge is -2.09. The number of hydrogen-bond acceptors (Lipinski definition) is 1. The Morgan fingerprint density at radius 1 is 1.33 bits per heavy atom. The molecule has 1 N–H and O–H groups in total. The van der Waals surface area contributed by atoms with E-state index in [1.807, 2.05) is 0 Å². The van der Waals surface area contributed by atoms with Crippen molar-refractivity contribution in [1.29, 1.82) is 0 Å². The average molecular weight is 212 g/mol. The molecule has 82 valence electrons. The van der Waals surface area contributed by atoms with Crippen LogP contribution in [0.15, 0.2) is 18.2 Å². The summed E-state index contributed by atoms with van der Waals surface area (Å²) in [5.41, 5.74) is 0.483. The van der Waals surface area contributed by atoms with Gasteiger partial charge in [-0.3, -0.25) is 0 Å². The van der Waals surface area contributed by atoms with Crippen molar-refractivity contribution in [3.05, 3.63) is 35.4 Å². The summed E-state index contributed by atoms with van der Waals surface area (Å²) in [5.74, 6) is -0.662. The van der Waals surface area contributed by atoms with Crippen LogP contribution in [0.25, 0.3) is 0 Å². The van der Waals surface area contributed by atoms with Gasteiger partial charge in [0.25, 0.3) is 0 Å². The molecule has 0 spiro atoms. The van der Waals surface area contributed by atoms with Gasteiger partial charge >= 0.3 is 0 Å². The summed E-state index contributed by atoms with van der Waals surface area (Å²) in [5, 5.41) is 9.60. The average Bonchev–Trinajstić information content (AvgIpc) is 2.99. The van der Waals surface area contributed by atoms with E-state index >= 15 is 0 Å². The maximum Gasteiger partial charge on any atom is 0.129 e. The molecule has 0 amide bonds. The normalized spacial score (nSPS) is 17.8. The fourth-order valence-electron chi connectivity index (χ4n) is 1.74. The maximum absolute atomic E-state index is 13.2. The van der Waals surface area contributed by atoms with E-state index in [1.54, 1.807) is 0 Å². The number of benzene rings is 1. The standard InChI is InChI=1S/C12H14F2O/c13-10-5-3-8(11(14)7-10)4-6-12(15)9-1-2-9/h3,5,7,9,12,15H,1-2,4,6H2. The van der Waals surface area contributed by atoms with Crippen LogP contribution in [0.3, 0.4) is 0 Å². The first-order valence-corrected chi connectivity index (χ1v) is 5.29. The van der Waals surface area contributed by atoms with E-state index in [0.29, 0.717) is 24.3 Å². The summed E-state index contributed by atoms with van der Waals surface area (Å²) in [6, 6.07) is 3.59. The van der Waals surface area contributed by atoms with Gasteiger partial charge in [-0.25, -0.2) is 8.78 Å². The predicted octanol–water partition coefficient (Wildman–Crippen LogP) is 2.67. The molecule has 1 atom stereocenters. The molecule has 2 rings (SSSR count). The van der Waals surface area contributed by atoms with E-state index in [1.165, 1.54) is 12.1 Å². The van der Waals surface area contributed by atoms with Crippen molar-refractivity contribution in [2.24, 2.45) is 5.92 Å². The highest BCUT2D eigenvalue weighted by Crippen LogP contribution is 2.34. The van der Waals surface area contributed by atoms with Gasteiger partial charge in [0, 0.05) is 6.07 Å². The van der Waals surface area contributed by atoms with Crippen molar-refractivity contribution in [1.82, 2.24) is 0 Å². The zero-order valence-corrected chi connectivity index (χ0v) is 8.42. The van der Waals surface area contributed by atoms with Crippen molar-refractivity contribution in [3.63, 3.8) is 0 Å². The highest BCUT2D eigenvalue weighted by molar-refractivity contribution is 5.18. The van der Waals surface area contributed by atoms with Gasteiger partial charge in [0.15, 0.2) is 0 Å². The smallest absolute Gasteiger partial charge is 0.129 e. The van der Waals surface area contributed by atoms with Crippen LogP contribution in [-0.4, -0.2) is 11.2 Å². The number of hydrogen-bond donors (Lipinski definition) is 1. The van der Waals surface area contributed by atoms with Gasteiger partial charge in [0.1, 0.15) is 11.6 Å². The molecule has 0 bridgehead atoms. The topological polar surface area (TPSA) is 20.2 Å². The molecular formula is C12H14F2O. The quantitative estimate of drug-likeness (QED) is 0.813. The molecule has 1 nitrogen and oxygen atoms in total. The first kappa shape index (κ1) is 10.6. The lowest BCUT2D eigenvalue weighted by Crippen LogP contribution is -2.10. The Morgan fingerprint density at radius 2 is 2.07 bits per heavy atom. The zero-order valence-electron chi connectivity index (χ0n) is 8.42. The summed E-state index contributed by atoms with van der Waals surface area (Å²) in [6.07, 6.45) is 2.87. The van der Waals surface area contributed by atoms with Crippen molar-refractivity contribution in [3.8, 4) is 0 Å². The lowest BCUT2D eigenvalue weighted by molar-refractivity contribution is 0.141. The molecule has 0 radical (unpaired) electrons. The summed E-state index contributed by atoms with van der Waals surface area (Å²) in [6.45, 7) is 0. The van der Waals surface area contributed by atoms with Crippen molar-refractivity contribution < 1.29 is 13.9 Å². The molecule has 1 aromatic rings. The summed E-state index contributed by atoms with van der Waals surface area (Å²) in [4.78, 5) is 0. The highest BCUT2D eigenvalue weighted by atomic mass is 19.1. The third kappa shape index (κ3) is 2.75. The molecule has 3 heteroatoms. The van der Waals surface area contributed by atoms with Crippen molar-refractivity contribution in [2.45, 2.75) is 31.8 Å². The van der Waals surface area contributed by atoms with Gasteiger partial charge in [-0.2, -0.15) is 0 Å². The molecule has 1 saturated carbocycles. The minimum absolute atomic E-state index is 0.325. The van der Waals surface area contributed by atoms with Crippen LogP contribution in [0.5, 0.6) is 0 Å². The molecule has 1 fully saturated rings. The molecule has 0 aromatic heterocycles. The van der Waals surface area contributed by atoms with Gasteiger partial charge < -0.3 is 5.11 Å². The Bertz CT molecular complexity index is 347. The zero-order chi connectivity index (χ0) is 10.8. The van der Waals surface area contributed by atoms with Crippen LogP contribution in [-0.2, 0) is 6.42 Å². The van der Waals surface area contributed by atoms with Gasteiger partial charge in [0.2, 0.25) is 0 Å². The monoisotopic (exact) mass is 212 g/mol. The Morgan fingerprint density at radius 3 is 2.67 bits per heavy atom. The largest absolute Gasteiger partial charge is 0.393 e. The van der Waals surface area contributed by atoms with Crippen LogP contribution in [0.2, 0.25) is 0 Å². The Labute approximate surface area is 87.7 Å². The van der Waals surface area contributed by atoms with E-state index < -0.39 is 11.6 Å². The second-order valence-electron chi connectivity index (χ2n) is 4.18. The lowest BCUT2D eigenvalue weighted by atomic mass is 10.0. The third-order valence-corrected chi connectivity index (χ3v) is 2.89. The molecule has 1 unspecified atom stereocenters. The van der Waals surface area contributed by atoms with Gasteiger partial charge in [0.05, 0.1) is 6.10 Å². The molecule has 15 heavy (non-hydrogen) atoms. The molecule has 0 heterocycles. The molecule has 1 aliphatic carbocycles. The van der Waals surface area contributed by atoms with E-state index in [4.69, 9.17) is 0 Å². The second-order valence-corrected chi connectivity index (χ2v) is 4.18. The SMILES string of the molecule is OC(CCc1ccc(F)cc1F)C1CC1. The first-order chi connectivity index (χ1) is 7.16. The number of aryl methyl sites for hydroxylation is 1. The van der Waals surface area contributed by atoms with Gasteiger partial charge in [-0.15, -0.1) is 0 Å². The van der Waals surface area contributed by atoms with Crippen molar-refractivity contribution >= 4 is 0 Å².